The molecule has 2 saturated heterocycles. The molecule has 1 aliphatic carbocycles. The zero-order valence-corrected chi connectivity index (χ0v) is 19.8. The van der Waals surface area contributed by atoms with Crippen LogP contribution in [0.3, 0.4) is 0 Å². The minimum absolute atomic E-state index is 0.259. The van der Waals surface area contributed by atoms with E-state index < -0.39 is 0 Å². The molecule has 0 radical (unpaired) electrons. The van der Waals surface area contributed by atoms with E-state index in [2.05, 4.69) is 58.5 Å². The Balaban J connectivity index is 1.15. The van der Waals surface area contributed by atoms with Gasteiger partial charge in [0.1, 0.15) is 0 Å². The summed E-state index contributed by atoms with van der Waals surface area (Å²) in [7, 11) is 0. The quantitative estimate of drug-likeness (QED) is 0.592. The zero-order chi connectivity index (χ0) is 22.4. The second-order valence-electron chi connectivity index (χ2n) is 10.7. The number of anilines is 2. The van der Waals surface area contributed by atoms with Gasteiger partial charge < -0.3 is 9.80 Å². The van der Waals surface area contributed by atoms with E-state index >= 15 is 0 Å². The summed E-state index contributed by atoms with van der Waals surface area (Å²) in [6.45, 7) is 10.0. The van der Waals surface area contributed by atoms with Crippen LogP contribution in [0.5, 0.6) is 0 Å². The third kappa shape index (κ3) is 3.07. The van der Waals surface area contributed by atoms with Crippen LogP contribution < -0.4 is 9.80 Å². The molecule has 7 rings (SSSR count). The maximum atomic E-state index is 6.40. The maximum absolute atomic E-state index is 6.40. The number of fused-ring (bicyclic) bond motifs is 3. The number of benzene rings is 1. The minimum atomic E-state index is 0.259. The van der Waals surface area contributed by atoms with Crippen LogP contribution in [0.25, 0.3) is 5.69 Å². The fraction of sp³-hybridized carbons (Fsp3) is 0.500. The monoisotopic (exact) mass is 462 g/mol. The minimum Gasteiger partial charge on any atom is -0.339 e. The first-order valence-corrected chi connectivity index (χ1v) is 12.1. The third-order valence-electron chi connectivity index (χ3n) is 7.86. The second kappa shape index (κ2) is 6.67. The highest BCUT2D eigenvalue weighted by Gasteiger charge is 2.54. The van der Waals surface area contributed by atoms with Crippen LogP contribution in [0.15, 0.2) is 30.6 Å². The first kappa shape index (κ1) is 19.7. The van der Waals surface area contributed by atoms with Crippen LogP contribution in [0.4, 0.5) is 11.9 Å². The number of rotatable bonds is 3. The standard InChI is InChI=1S/C24H27ClN8/c1-16-8-26-21(27-9-16)30-12-24(13-30)14-31(15-24)22-29-28-20-11-32(23(2)5-6-23)10-17-7-18(25)3-4-19(17)33(20)22/h3-4,7-9H,5-6,10-15H2,1-2H3. The molecule has 4 aliphatic rings. The molecular formula is C24H27ClN8. The van der Waals surface area contributed by atoms with Gasteiger partial charge in [-0.15, -0.1) is 10.2 Å². The third-order valence-corrected chi connectivity index (χ3v) is 8.10. The highest BCUT2D eigenvalue weighted by Crippen LogP contribution is 2.46. The molecule has 8 nitrogen and oxygen atoms in total. The van der Waals surface area contributed by atoms with Crippen LogP contribution in [-0.2, 0) is 13.1 Å². The predicted molar refractivity (Wildman–Crippen MR) is 127 cm³/mol. The Labute approximate surface area is 198 Å². The number of halogens is 1. The molecule has 3 aliphatic heterocycles. The molecule has 1 spiro atoms. The Morgan fingerprint density at radius 1 is 0.939 bits per heavy atom. The van der Waals surface area contributed by atoms with Crippen molar-refractivity contribution in [2.45, 2.75) is 45.3 Å². The number of nitrogens with zero attached hydrogens (tertiary/aromatic N) is 8. The van der Waals surface area contributed by atoms with Crippen molar-refractivity contribution in [1.82, 2.24) is 29.6 Å². The van der Waals surface area contributed by atoms with Crippen LogP contribution in [0, 0.1) is 12.3 Å². The highest BCUT2D eigenvalue weighted by molar-refractivity contribution is 6.30. The largest absolute Gasteiger partial charge is 0.339 e. The fourth-order valence-corrected chi connectivity index (χ4v) is 5.82. The van der Waals surface area contributed by atoms with E-state index in [0.29, 0.717) is 5.41 Å². The smallest absolute Gasteiger partial charge is 0.231 e. The van der Waals surface area contributed by atoms with Gasteiger partial charge in [0.05, 0.1) is 12.2 Å². The van der Waals surface area contributed by atoms with Crippen molar-refractivity contribution in [1.29, 1.82) is 0 Å². The average Bonchev–Trinajstić information content (AvgIpc) is 3.40. The second-order valence-corrected chi connectivity index (χ2v) is 11.1. The van der Waals surface area contributed by atoms with Crippen molar-refractivity contribution in [2.24, 2.45) is 5.41 Å². The van der Waals surface area contributed by atoms with Crippen LogP contribution >= 0.6 is 11.6 Å². The van der Waals surface area contributed by atoms with E-state index in [1.54, 1.807) is 0 Å². The molecule has 2 aromatic heterocycles. The summed E-state index contributed by atoms with van der Waals surface area (Å²) in [4.78, 5) is 16.2. The first-order valence-electron chi connectivity index (χ1n) is 11.7. The van der Waals surface area contributed by atoms with Crippen molar-refractivity contribution in [3.63, 3.8) is 0 Å². The lowest BCUT2D eigenvalue weighted by Crippen LogP contribution is -2.73. The molecule has 0 amide bonds. The summed E-state index contributed by atoms with van der Waals surface area (Å²) in [6, 6.07) is 6.21. The molecule has 0 atom stereocenters. The van der Waals surface area contributed by atoms with E-state index in [1.165, 1.54) is 18.4 Å². The average molecular weight is 463 g/mol. The van der Waals surface area contributed by atoms with Gasteiger partial charge in [-0.2, -0.15) is 0 Å². The number of hydrogen-bond acceptors (Lipinski definition) is 7. The predicted octanol–water partition coefficient (Wildman–Crippen LogP) is 3.21. The van der Waals surface area contributed by atoms with Gasteiger partial charge in [-0.1, -0.05) is 11.6 Å². The number of aryl methyl sites for hydroxylation is 1. The summed E-state index contributed by atoms with van der Waals surface area (Å²) in [5.41, 5.74) is 4.05. The van der Waals surface area contributed by atoms with Crippen molar-refractivity contribution in [3.8, 4) is 5.69 Å². The van der Waals surface area contributed by atoms with Gasteiger partial charge in [0.25, 0.3) is 0 Å². The lowest BCUT2D eigenvalue weighted by atomic mass is 9.73. The lowest BCUT2D eigenvalue weighted by Gasteiger charge is -2.60. The molecule has 3 aromatic rings. The van der Waals surface area contributed by atoms with E-state index in [9.17, 15) is 0 Å². The van der Waals surface area contributed by atoms with Crippen molar-refractivity contribution < 1.29 is 0 Å². The van der Waals surface area contributed by atoms with Gasteiger partial charge in [-0.05, 0) is 56.0 Å². The van der Waals surface area contributed by atoms with Crippen molar-refractivity contribution in [2.75, 3.05) is 36.0 Å². The van der Waals surface area contributed by atoms with Gasteiger partial charge in [0.2, 0.25) is 11.9 Å². The lowest BCUT2D eigenvalue weighted by molar-refractivity contribution is 0.152. The molecule has 1 saturated carbocycles. The fourth-order valence-electron chi connectivity index (χ4n) is 5.63. The zero-order valence-electron chi connectivity index (χ0n) is 19.0. The molecule has 5 heterocycles. The summed E-state index contributed by atoms with van der Waals surface area (Å²) in [5.74, 6) is 2.80. The van der Waals surface area contributed by atoms with Crippen LogP contribution in [-0.4, -0.2) is 61.4 Å². The molecule has 1 aromatic carbocycles. The first-order chi connectivity index (χ1) is 15.9. The van der Waals surface area contributed by atoms with Crippen molar-refractivity contribution in [3.05, 3.63) is 52.6 Å². The SMILES string of the molecule is Cc1cnc(N2CC3(C2)CN(c2nnc4n2-c2ccc(Cl)cc2CN(C2(C)CC2)C4)C3)nc1. The van der Waals surface area contributed by atoms with Crippen molar-refractivity contribution >= 4 is 23.5 Å². The van der Waals surface area contributed by atoms with E-state index in [-0.39, 0.29) is 5.54 Å². The molecular weight excluding hydrogens is 436 g/mol. The maximum Gasteiger partial charge on any atom is 0.231 e. The van der Waals surface area contributed by atoms with Gasteiger partial charge in [0.15, 0.2) is 5.82 Å². The number of hydrogen-bond donors (Lipinski definition) is 0. The van der Waals surface area contributed by atoms with E-state index in [4.69, 9.17) is 11.6 Å². The Morgan fingerprint density at radius 3 is 2.39 bits per heavy atom. The van der Waals surface area contributed by atoms with E-state index in [1.807, 2.05) is 25.4 Å². The number of aromatic nitrogens is 5. The van der Waals surface area contributed by atoms with Crippen LogP contribution in [0.2, 0.25) is 5.02 Å². The Hall–Kier alpha value is -2.71. The Morgan fingerprint density at radius 2 is 1.67 bits per heavy atom. The van der Waals surface area contributed by atoms with Gasteiger partial charge in [-0.25, -0.2) is 9.97 Å². The van der Waals surface area contributed by atoms with Gasteiger partial charge in [-0.3, -0.25) is 9.47 Å². The topological polar surface area (TPSA) is 66.2 Å². The normalized spacial score (nSPS) is 22.3. The molecule has 0 bridgehead atoms. The van der Waals surface area contributed by atoms with E-state index in [0.717, 1.165) is 73.3 Å². The summed E-state index contributed by atoms with van der Waals surface area (Å²) < 4.78 is 2.27. The van der Waals surface area contributed by atoms with Crippen LogP contribution in [0.1, 0.15) is 36.7 Å². The Bertz CT molecular complexity index is 1230. The summed E-state index contributed by atoms with van der Waals surface area (Å²) in [6.07, 6.45) is 6.25. The molecule has 0 unspecified atom stereocenters. The summed E-state index contributed by atoms with van der Waals surface area (Å²) >= 11 is 6.40. The molecule has 0 N–H and O–H groups in total. The molecule has 170 valence electrons. The molecule has 33 heavy (non-hydrogen) atoms. The van der Waals surface area contributed by atoms with Gasteiger partial charge in [0, 0.05) is 61.1 Å². The Kier molecular flexibility index (Phi) is 3.99. The molecule has 9 heteroatoms. The van der Waals surface area contributed by atoms with Gasteiger partial charge >= 0.3 is 0 Å². The summed E-state index contributed by atoms with van der Waals surface area (Å²) in [5, 5.41) is 10.1. The molecule has 3 fully saturated rings. The highest BCUT2D eigenvalue weighted by atomic mass is 35.5.